The van der Waals surface area contributed by atoms with Gasteiger partial charge in [-0.2, -0.15) is 13.2 Å². The number of aryl methyl sites for hydroxylation is 2. The van der Waals surface area contributed by atoms with Crippen molar-refractivity contribution < 1.29 is 13.2 Å². The molecule has 7 heteroatoms. The van der Waals surface area contributed by atoms with E-state index in [9.17, 15) is 13.2 Å². The second kappa shape index (κ2) is 10.5. The zero-order valence-electron chi connectivity index (χ0n) is 19.5. The van der Waals surface area contributed by atoms with Gasteiger partial charge in [-0.25, -0.2) is 0 Å². The number of pyridine rings is 1. The van der Waals surface area contributed by atoms with Gasteiger partial charge in [0, 0.05) is 43.6 Å². The number of piperazine rings is 1. The molecule has 2 aromatic carbocycles. The minimum atomic E-state index is -4.31. The summed E-state index contributed by atoms with van der Waals surface area (Å²) in [6, 6.07) is 15.8. The molecule has 0 radical (unpaired) electrons. The van der Waals surface area contributed by atoms with E-state index in [2.05, 4.69) is 28.9 Å². The quantitative estimate of drug-likeness (QED) is 0.445. The van der Waals surface area contributed by atoms with Gasteiger partial charge in [-0.05, 0) is 68.1 Å². The maximum absolute atomic E-state index is 13.0. The highest BCUT2D eigenvalue weighted by Gasteiger charge is 2.31. The van der Waals surface area contributed by atoms with Crippen molar-refractivity contribution in [2.24, 2.45) is 0 Å². The topological polar surface area (TPSA) is 45.4 Å². The van der Waals surface area contributed by atoms with E-state index in [0.29, 0.717) is 5.69 Å². The van der Waals surface area contributed by atoms with Gasteiger partial charge in [-0.1, -0.05) is 30.3 Å². The van der Waals surface area contributed by atoms with E-state index in [1.165, 1.54) is 17.7 Å². The maximum Gasteiger partial charge on any atom is 0.416 e. The van der Waals surface area contributed by atoms with Crippen LogP contribution < -0.4 is 10.6 Å². The van der Waals surface area contributed by atoms with Crippen LogP contribution in [0.1, 0.15) is 29.7 Å². The summed E-state index contributed by atoms with van der Waals surface area (Å²) in [4.78, 5) is 9.03. The van der Waals surface area contributed by atoms with E-state index >= 15 is 0 Å². The third-order valence-electron chi connectivity index (χ3n) is 6.51. The lowest BCUT2D eigenvalue weighted by Crippen LogP contribution is -2.46. The number of nitrogens with zero attached hydrogens (tertiary/aromatic N) is 3. The summed E-state index contributed by atoms with van der Waals surface area (Å²) in [6.45, 7) is 6.21. The first kappa shape index (κ1) is 24.1. The lowest BCUT2D eigenvalue weighted by atomic mass is 10.0. The number of hydrogen-bond donors (Lipinski definition) is 1. The molecule has 1 aliphatic rings. The number of nitrogens with two attached hydrogens (primary N) is 1. The van der Waals surface area contributed by atoms with Crippen LogP contribution in [-0.4, -0.2) is 42.6 Å². The van der Waals surface area contributed by atoms with Crippen molar-refractivity contribution in [3.63, 3.8) is 0 Å². The van der Waals surface area contributed by atoms with Crippen LogP contribution in [0.25, 0.3) is 11.1 Å². The van der Waals surface area contributed by atoms with Gasteiger partial charge in [0.25, 0.3) is 0 Å². The number of rotatable bonds is 7. The lowest BCUT2D eigenvalue weighted by molar-refractivity contribution is -0.137. The highest BCUT2D eigenvalue weighted by Crippen LogP contribution is 2.32. The van der Waals surface area contributed by atoms with Crippen LogP contribution in [0.4, 0.5) is 24.5 Å². The molecule has 0 unspecified atom stereocenters. The van der Waals surface area contributed by atoms with Crippen molar-refractivity contribution in [3.8, 4) is 11.1 Å². The van der Waals surface area contributed by atoms with E-state index in [0.717, 1.165) is 80.6 Å². The number of benzene rings is 2. The van der Waals surface area contributed by atoms with Gasteiger partial charge in [0.05, 0.1) is 16.9 Å². The molecule has 0 bridgehead atoms. The van der Waals surface area contributed by atoms with Crippen LogP contribution in [0.2, 0.25) is 0 Å². The maximum atomic E-state index is 13.0. The molecular weight excluding hydrogens is 437 g/mol. The van der Waals surface area contributed by atoms with Crippen LogP contribution in [0.3, 0.4) is 0 Å². The monoisotopic (exact) mass is 468 g/mol. The molecule has 1 saturated heterocycles. The second-order valence-corrected chi connectivity index (χ2v) is 8.91. The fourth-order valence-corrected chi connectivity index (χ4v) is 4.50. The Hall–Kier alpha value is -3.06. The molecule has 0 spiro atoms. The minimum absolute atomic E-state index is 0.591. The van der Waals surface area contributed by atoms with Crippen molar-refractivity contribution in [3.05, 3.63) is 77.6 Å². The molecule has 0 atom stereocenters. The number of halogens is 3. The van der Waals surface area contributed by atoms with E-state index in [1.807, 2.05) is 29.3 Å². The predicted molar refractivity (Wildman–Crippen MR) is 132 cm³/mol. The molecule has 0 saturated carbocycles. The Balaban J connectivity index is 1.22. The summed E-state index contributed by atoms with van der Waals surface area (Å²) in [6.07, 6.45) is 0.459. The van der Waals surface area contributed by atoms with E-state index < -0.39 is 11.7 Å². The van der Waals surface area contributed by atoms with E-state index in [4.69, 9.17) is 5.73 Å². The molecule has 2 heterocycles. The van der Waals surface area contributed by atoms with Crippen LogP contribution >= 0.6 is 0 Å². The molecule has 0 aliphatic carbocycles. The largest absolute Gasteiger partial charge is 0.416 e. The zero-order chi connectivity index (χ0) is 24.1. The molecule has 3 aromatic rings. The number of anilines is 2. The van der Waals surface area contributed by atoms with Gasteiger partial charge in [-0.15, -0.1) is 0 Å². The first-order chi connectivity index (χ1) is 16.3. The summed E-state index contributed by atoms with van der Waals surface area (Å²) in [5.41, 5.74) is 11.4. The third kappa shape index (κ3) is 5.89. The summed E-state index contributed by atoms with van der Waals surface area (Å²) in [7, 11) is 0. The fourth-order valence-electron chi connectivity index (χ4n) is 4.50. The van der Waals surface area contributed by atoms with E-state index in [-0.39, 0.29) is 0 Å². The Morgan fingerprint density at radius 3 is 2.41 bits per heavy atom. The molecule has 1 aromatic heterocycles. The van der Waals surface area contributed by atoms with E-state index in [1.54, 1.807) is 6.07 Å². The molecule has 180 valence electrons. The Labute approximate surface area is 199 Å². The average molecular weight is 469 g/mol. The molecule has 34 heavy (non-hydrogen) atoms. The highest BCUT2D eigenvalue weighted by molar-refractivity contribution is 5.70. The zero-order valence-corrected chi connectivity index (χ0v) is 19.5. The van der Waals surface area contributed by atoms with Gasteiger partial charge in [-0.3, -0.25) is 9.88 Å². The first-order valence-corrected chi connectivity index (χ1v) is 11.8. The van der Waals surface area contributed by atoms with Gasteiger partial charge >= 0.3 is 6.18 Å². The predicted octanol–water partition coefficient (Wildman–Crippen LogP) is 5.80. The van der Waals surface area contributed by atoms with Crippen molar-refractivity contribution in [1.29, 1.82) is 0 Å². The van der Waals surface area contributed by atoms with Gasteiger partial charge < -0.3 is 10.6 Å². The van der Waals surface area contributed by atoms with Crippen LogP contribution in [0.5, 0.6) is 0 Å². The Morgan fingerprint density at radius 2 is 1.71 bits per heavy atom. The van der Waals surface area contributed by atoms with Crippen LogP contribution in [0, 0.1) is 6.92 Å². The summed E-state index contributed by atoms with van der Waals surface area (Å²) < 4.78 is 39.0. The lowest BCUT2D eigenvalue weighted by Gasteiger charge is -2.36. The molecule has 1 fully saturated rings. The van der Waals surface area contributed by atoms with Crippen molar-refractivity contribution in [1.82, 2.24) is 9.88 Å². The molecular formula is C27H31F3N4. The smallest absolute Gasteiger partial charge is 0.397 e. The van der Waals surface area contributed by atoms with Crippen LogP contribution in [0.15, 0.2) is 60.8 Å². The Bertz CT molecular complexity index is 1110. The van der Waals surface area contributed by atoms with Crippen molar-refractivity contribution in [2.75, 3.05) is 43.4 Å². The standard InChI is InChI=1S/C27H31F3N4/c1-20-7-2-3-10-24(20)21-17-25(31)26(32-19-21)11-4-5-12-33-13-15-34(16-14-33)23-9-6-8-22(18-23)27(28,29)30/h2-3,6-10,17-19H,4-5,11-16,31H2,1H3. The number of alkyl halides is 3. The van der Waals surface area contributed by atoms with Gasteiger partial charge in [0.15, 0.2) is 0 Å². The Kier molecular flexibility index (Phi) is 7.41. The summed E-state index contributed by atoms with van der Waals surface area (Å²) in [5.74, 6) is 0. The number of unbranched alkanes of at least 4 members (excludes halogenated alkanes) is 1. The van der Waals surface area contributed by atoms with Crippen molar-refractivity contribution >= 4 is 11.4 Å². The number of hydrogen-bond acceptors (Lipinski definition) is 4. The molecule has 4 rings (SSSR count). The molecule has 0 amide bonds. The normalized spacial score (nSPS) is 15.0. The third-order valence-corrected chi connectivity index (χ3v) is 6.51. The summed E-state index contributed by atoms with van der Waals surface area (Å²) >= 11 is 0. The second-order valence-electron chi connectivity index (χ2n) is 8.91. The first-order valence-electron chi connectivity index (χ1n) is 11.8. The van der Waals surface area contributed by atoms with Crippen LogP contribution in [-0.2, 0) is 12.6 Å². The van der Waals surface area contributed by atoms with Crippen molar-refractivity contribution in [2.45, 2.75) is 32.4 Å². The summed E-state index contributed by atoms with van der Waals surface area (Å²) in [5, 5.41) is 0. The average Bonchev–Trinajstić information content (AvgIpc) is 2.83. The molecule has 4 nitrogen and oxygen atoms in total. The molecule has 1 aliphatic heterocycles. The minimum Gasteiger partial charge on any atom is -0.397 e. The Morgan fingerprint density at radius 1 is 0.941 bits per heavy atom. The fraction of sp³-hybridized carbons (Fsp3) is 0.370. The van der Waals surface area contributed by atoms with Gasteiger partial charge in [0.1, 0.15) is 0 Å². The number of nitrogen functional groups attached to an aromatic ring is 1. The molecule has 2 N–H and O–H groups in total. The SMILES string of the molecule is Cc1ccccc1-c1cnc(CCCCN2CCN(c3cccc(C(F)(F)F)c3)CC2)c(N)c1. The van der Waals surface area contributed by atoms with Gasteiger partial charge in [0.2, 0.25) is 0 Å². The number of aromatic nitrogens is 1. The highest BCUT2D eigenvalue weighted by atomic mass is 19.4.